The summed E-state index contributed by atoms with van der Waals surface area (Å²) in [7, 11) is 0. The lowest BCUT2D eigenvalue weighted by Crippen LogP contribution is -2.42. The van der Waals surface area contributed by atoms with Gasteiger partial charge in [-0.05, 0) is 150 Å². The fourth-order valence-electron chi connectivity index (χ4n) is 10.7. The molecule has 2 atom stereocenters. The van der Waals surface area contributed by atoms with Gasteiger partial charge in [0.05, 0.1) is 65.4 Å². The highest BCUT2D eigenvalue weighted by Crippen LogP contribution is 2.33. The molecule has 0 aliphatic carbocycles. The summed E-state index contributed by atoms with van der Waals surface area (Å²) in [6, 6.07) is 37.4. The minimum atomic E-state index is -0.390. The monoisotopic (exact) mass is 1050 g/mol. The molecule has 0 radical (unpaired) electrons. The van der Waals surface area contributed by atoms with Crippen molar-refractivity contribution in [3.63, 3.8) is 0 Å². The Morgan fingerprint density at radius 3 is 1.68 bits per heavy atom. The van der Waals surface area contributed by atoms with Gasteiger partial charge in [0.15, 0.2) is 0 Å². The molecule has 0 amide bonds. The van der Waals surface area contributed by atoms with Crippen molar-refractivity contribution in [1.82, 2.24) is 38.9 Å². The Kier molecular flexibility index (Phi) is 15.1. The fraction of sp³-hybridized carbons (Fsp3) is 0.300. The molecule has 0 saturated carbocycles. The number of thiazole rings is 2. The number of hydrogen-bond acceptors (Lipinski definition) is 13. The molecule has 2 aliphatic heterocycles. The highest BCUT2D eigenvalue weighted by Gasteiger charge is 2.26. The summed E-state index contributed by atoms with van der Waals surface area (Å²) >= 11 is 3.12. The molecule has 2 aliphatic rings. The summed E-state index contributed by atoms with van der Waals surface area (Å²) in [6.07, 6.45) is 4.20. The van der Waals surface area contributed by atoms with Crippen LogP contribution in [0.2, 0.25) is 0 Å². The number of aromatic nitrogens is 6. The summed E-state index contributed by atoms with van der Waals surface area (Å²) in [5.74, 6) is 3.79. The molecule has 6 heterocycles. The zero-order valence-electron chi connectivity index (χ0n) is 42.8. The van der Waals surface area contributed by atoms with Gasteiger partial charge in [-0.15, -0.1) is 22.7 Å². The van der Waals surface area contributed by atoms with E-state index in [9.17, 15) is 19.1 Å². The lowest BCUT2D eigenvalue weighted by molar-refractivity contribution is 0.130. The number of aliphatic hydroxyl groups is 1. The van der Waals surface area contributed by atoms with Crippen molar-refractivity contribution in [1.29, 1.82) is 0 Å². The van der Waals surface area contributed by atoms with E-state index in [4.69, 9.17) is 19.4 Å². The minimum Gasteiger partial charge on any atom is -0.457 e. The molecule has 388 valence electrons. The molecular formula is C60H59FN8O5S2. The molecule has 10 aromatic rings. The molecule has 12 rings (SSSR count). The standard InChI is InChI=1S/C30H29FN4O2S.C30H30N4O3S/c1-19(2)34-13-5-6-20(16-34)17-35-29(23-7-3-4-8-25(23)31)33-26-11-9-21(14-24(26)30(35)36)37-22-10-12-27-28(15-22)38-18-32-27;1-20-5-2-3-7-24(20)29-32-26-10-8-22(37-23-9-11-27-28(16-23)38-19-31-27)15-25(26)30(36)34(29)18-21-6-4-12-33(17-21)13-14-35/h3-4,7-12,14-15,18-20H,5-6,13,16-17H2,1-2H3;2-3,5,7-11,15-16,19,21,35H,4,6,12-14,17-18H2,1H3/t20-;21-/m00/s1. The molecule has 6 aromatic carbocycles. The van der Waals surface area contributed by atoms with E-state index in [1.807, 2.05) is 76.8 Å². The van der Waals surface area contributed by atoms with E-state index in [2.05, 4.69) is 46.6 Å². The predicted molar refractivity (Wildman–Crippen MR) is 303 cm³/mol. The molecule has 16 heteroatoms. The Balaban J connectivity index is 0.000000162. The molecule has 0 bridgehead atoms. The summed E-state index contributed by atoms with van der Waals surface area (Å²) in [5, 5.41) is 10.4. The van der Waals surface area contributed by atoms with E-state index in [-0.39, 0.29) is 23.6 Å². The van der Waals surface area contributed by atoms with E-state index in [0.29, 0.717) is 93.6 Å². The number of piperidine rings is 2. The third-order valence-corrected chi connectivity index (χ3v) is 16.2. The average molecular weight is 1060 g/mol. The van der Waals surface area contributed by atoms with Crippen molar-refractivity contribution in [2.45, 2.75) is 65.6 Å². The Morgan fingerprint density at radius 2 is 1.13 bits per heavy atom. The molecule has 0 spiro atoms. The Bertz CT molecular complexity index is 3830. The first-order valence-corrected chi connectivity index (χ1v) is 27.8. The van der Waals surface area contributed by atoms with Crippen molar-refractivity contribution in [2.75, 3.05) is 39.3 Å². The van der Waals surface area contributed by atoms with Gasteiger partial charge in [0.1, 0.15) is 40.5 Å². The van der Waals surface area contributed by atoms with E-state index in [0.717, 1.165) is 83.4 Å². The number of benzene rings is 6. The van der Waals surface area contributed by atoms with E-state index >= 15 is 0 Å². The van der Waals surface area contributed by atoms with Crippen molar-refractivity contribution in [2.24, 2.45) is 11.8 Å². The van der Waals surface area contributed by atoms with Crippen molar-refractivity contribution < 1.29 is 19.0 Å². The second-order valence-electron chi connectivity index (χ2n) is 20.2. The average Bonchev–Trinajstić information content (AvgIpc) is 4.17. The second kappa shape index (κ2) is 22.6. The number of halogens is 1. The van der Waals surface area contributed by atoms with E-state index in [1.165, 1.54) is 6.07 Å². The SMILES string of the molecule is CC(C)N1CCC[C@H](Cn2c(-c3ccccc3F)nc3ccc(Oc4ccc5ncsc5c4)cc3c2=O)C1.Cc1ccccc1-c1nc2ccc(Oc3ccc4ncsc4c3)cc2c(=O)n1C[C@H]1CCCN(CCO)C1. The maximum Gasteiger partial charge on any atom is 0.261 e. The maximum absolute atomic E-state index is 14.9. The predicted octanol–water partition coefficient (Wildman–Crippen LogP) is 12.2. The van der Waals surface area contributed by atoms with Crippen LogP contribution in [0.1, 0.15) is 45.1 Å². The number of likely N-dealkylation sites (tertiary alicyclic amines) is 2. The third-order valence-electron chi connectivity index (χ3n) is 14.6. The summed E-state index contributed by atoms with van der Waals surface area (Å²) in [6.45, 7) is 12.2. The highest BCUT2D eigenvalue weighted by molar-refractivity contribution is 7.17. The molecule has 2 saturated heterocycles. The molecule has 13 nitrogen and oxygen atoms in total. The van der Waals surface area contributed by atoms with Crippen LogP contribution in [0.5, 0.6) is 23.0 Å². The first kappa shape index (κ1) is 50.9. The van der Waals surface area contributed by atoms with Crippen molar-refractivity contribution >= 4 is 64.9 Å². The van der Waals surface area contributed by atoms with Crippen LogP contribution in [0.25, 0.3) is 65.0 Å². The van der Waals surface area contributed by atoms with Gasteiger partial charge in [-0.25, -0.2) is 24.3 Å². The van der Waals surface area contributed by atoms with Crippen LogP contribution in [0.15, 0.2) is 142 Å². The lowest BCUT2D eigenvalue weighted by Gasteiger charge is -2.35. The van der Waals surface area contributed by atoms with E-state index in [1.54, 1.807) is 75.2 Å². The maximum atomic E-state index is 14.9. The number of ether oxygens (including phenoxy) is 2. The van der Waals surface area contributed by atoms with Gasteiger partial charge >= 0.3 is 0 Å². The molecule has 76 heavy (non-hydrogen) atoms. The Hall–Kier alpha value is -7.21. The van der Waals surface area contributed by atoms with Gasteiger partial charge in [-0.2, -0.15) is 0 Å². The van der Waals surface area contributed by atoms with Crippen LogP contribution in [-0.4, -0.2) is 89.3 Å². The summed E-state index contributed by atoms with van der Waals surface area (Å²) in [4.78, 5) is 51.3. The number of β-amino-alcohol motifs (C(OH)–C–C–N with tert-alkyl or cyclic N) is 1. The summed E-state index contributed by atoms with van der Waals surface area (Å²) in [5.41, 5.74) is 8.80. The van der Waals surface area contributed by atoms with Gasteiger partial charge in [0.2, 0.25) is 0 Å². The number of nitrogens with zero attached hydrogens (tertiary/aromatic N) is 8. The minimum absolute atomic E-state index is 0.0594. The molecule has 0 unspecified atom stereocenters. The van der Waals surface area contributed by atoms with Crippen molar-refractivity contribution in [3.05, 3.63) is 164 Å². The number of hydrogen-bond donors (Lipinski definition) is 1. The van der Waals surface area contributed by atoms with E-state index < -0.39 is 5.82 Å². The molecule has 2 fully saturated rings. The van der Waals surface area contributed by atoms with Crippen LogP contribution < -0.4 is 20.6 Å². The van der Waals surface area contributed by atoms with Crippen LogP contribution >= 0.6 is 22.7 Å². The zero-order valence-corrected chi connectivity index (χ0v) is 44.4. The number of aryl methyl sites for hydroxylation is 1. The number of aliphatic hydroxyl groups excluding tert-OH is 1. The third kappa shape index (κ3) is 11.0. The lowest BCUT2D eigenvalue weighted by atomic mass is 9.96. The topological polar surface area (TPSA) is 141 Å². The van der Waals surface area contributed by atoms with Crippen molar-refractivity contribution in [3.8, 4) is 45.8 Å². The fourth-order valence-corrected chi connectivity index (χ4v) is 12.1. The Labute approximate surface area is 447 Å². The van der Waals surface area contributed by atoms with Gasteiger partial charge in [-0.1, -0.05) is 36.4 Å². The second-order valence-corrected chi connectivity index (χ2v) is 21.9. The van der Waals surface area contributed by atoms with Gasteiger partial charge in [0.25, 0.3) is 11.1 Å². The Morgan fingerprint density at radius 1 is 0.632 bits per heavy atom. The largest absolute Gasteiger partial charge is 0.457 e. The van der Waals surface area contributed by atoms with Gasteiger partial charge < -0.3 is 24.4 Å². The smallest absolute Gasteiger partial charge is 0.261 e. The molecular weight excluding hydrogens is 996 g/mol. The summed E-state index contributed by atoms with van der Waals surface area (Å²) < 4.78 is 32.8. The first-order chi connectivity index (χ1) is 37.0. The normalized spacial score (nSPS) is 16.4. The van der Waals surface area contributed by atoms with Crippen LogP contribution in [0.3, 0.4) is 0 Å². The highest BCUT2D eigenvalue weighted by atomic mass is 32.1. The van der Waals surface area contributed by atoms with Gasteiger partial charge in [0, 0.05) is 56.5 Å². The molecule has 4 aromatic heterocycles. The zero-order chi connectivity index (χ0) is 52.3. The number of fused-ring (bicyclic) bond motifs is 4. The van der Waals surface area contributed by atoms with Gasteiger partial charge in [-0.3, -0.25) is 18.7 Å². The number of rotatable bonds is 13. The first-order valence-electron chi connectivity index (χ1n) is 26.0. The van der Waals surface area contributed by atoms with Crippen LogP contribution in [0, 0.1) is 24.6 Å². The van der Waals surface area contributed by atoms with Crippen LogP contribution in [0.4, 0.5) is 4.39 Å². The quantitative estimate of drug-likeness (QED) is 0.118. The van der Waals surface area contributed by atoms with Crippen LogP contribution in [-0.2, 0) is 13.1 Å². The molecule has 1 N–H and O–H groups in total.